The Kier molecular flexibility index (Phi) is 6.60. The van der Waals surface area contributed by atoms with E-state index in [2.05, 4.69) is 163 Å². The molecule has 0 atom stereocenters. The van der Waals surface area contributed by atoms with E-state index < -0.39 is 0 Å². The van der Waals surface area contributed by atoms with E-state index in [1.807, 2.05) is 30.3 Å². The monoisotopic (exact) mass is 717 g/mol. The summed E-state index contributed by atoms with van der Waals surface area (Å²) in [7, 11) is 0. The second-order valence-electron chi connectivity index (χ2n) is 14.4. The molecule has 56 heavy (non-hydrogen) atoms. The molecule has 0 fully saturated rings. The fraction of sp³-hybridized carbons (Fsp3) is 0. The van der Waals surface area contributed by atoms with Crippen LogP contribution in [0.4, 0.5) is 17.1 Å². The van der Waals surface area contributed by atoms with Crippen LogP contribution < -0.4 is 4.90 Å². The third-order valence-corrected chi connectivity index (χ3v) is 11.3. The first kappa shape index (κ1) is 30.9. The van der Waals surface area contributed by atoms with Gasteiger partial charge in [0.2, 0.25) is 0 Å². The van der Waals surface area contributed by atoms with Crippen molar-refractivity contribution in [3.63, 3.8) is 0 Å². The number of para-hydroxylation sites is 4. The zero-order valence-corrected chi connectivity index (χ0v) is 30.1. The highest BCUT2D eigenvalue weighted by atomic mass is 16.3. The Labute approximate surface area is 321 Å². The maximum absolute atomic E-state index is 6.85. The lowest BCUT2D eigenvalue weighted by Crippen LogP contribution is -2.10. The molecule has 0 N–H and O–H groups in total. The number of furan rings is 3. The molecule has 12 rings (SSSR count). The number of benzene rings is 9. The fourth-order valence-electron chi connectivity index (χ4n) is 8.71. The summed E-state index contributed by atoms with van der Waals surface area (Å²) in [5, 5.41) is 8.91. The molecule has 0 aliphatic heterocycles. The second-order valence-corrected chi connectivity index (χ2v) is 14.4. The van der Waals surface area contributed by atoms with Crippen molar-refractivity contribution in [2.45, 2.75) is 0 Å². The quantitative estimate of drug-likeness (QED) is 0.178. The topological polar surface area (TPSA) is 42.7 Å². The Balaban J connectivity index is 1.10. The van der Waals surface area contributed by atoms with E-state index in [9.17, 15) is 0 Å². The van der Waals surface area contributed by atoms with Crippen LogP contribution in [-0.4, -0.2) is 0 Å². The highest BCUT2D eigenvalue weighted by molar-refractivity contribution is 6.19. The van der Waals surface area contributed by atoms with Crippen molar-refractivity contribution in [2.75, 3.05) is 4.90 Å². The van der Waals surface area contributed by atoms with Gasteiger partial charge in [-0.1, -0.05) is 127 Å². The zero-order chi connectivity index (χ0) is 36.7. The van der Waals surface area contributed by atoms with Gasteiger partial charge in [-0.2, -0.15) is 0 Å². The van der Waals surface area contributed by atoms with E-state index >= 15 is 0 Å². The maximum atomic E-state index is 6.85. The van der Waals surface area contributed by atoms with Crippen molar-refractivity contribution in [3.05, 3.63) is 188 Å². The molecule has 3 aromatic heterocycles. The van der Waals surface area contributed by atoms with E-state index in [1.165, 1.54) is 10.8 Å². The van der Waals surface area contributed by atoms with Gasteiger partial charge in [0.25, 0.3) is 0 Å². The smallest absolute Gasteiger partial charge is 0.145 e. The maximum Gasteiger partial charge on any atom is 0.145 e. The summed E-state index contributed by atoms with van der Waals surface area (Å²) in [4.78, 5) is 2.33. The first-order chi connectivity index (χ1) is 27.8. The Morgan fingerprint density at radius 3 is 1.71 bits per heavy atom. The van der Waals surface area contributed by atoms with Crippen LogP contribution in [0.15, 0.2) is 201 Å². The van der Waals surface area contributed by atoms with Crippen molar-refractivity contribution in [1.82, 2.24) is 0 Å². The average molecular weight is 718 g/mol. The van der Waals surface area contributed by atoms with Gasteiger partial charge >= 0.3 is 0 Å². The summed E-state index contributed by atoms with van der Waals surface area (Å²) in [6, 6.07) is 66.0. The first-order valence-electron chi connectivity index (χ1n) is 18.9. The van der Waals surface area contributed by atoms with Gasteiger partial charge in [0.15, 0.2) is 0 Å². The van der Waals surface area contributed by atoms with Crippen LogP contribution >= 0.6 is 0 Å². The third kappa shape index (κ3) is 4.60. The highest BCUT2D eigenvalue weighted by Gasteiger charge is 2.24. The minimum absolute atomic E-state index is 0.836. The predicted octanol–water partition coefficient (Wildman–Crippen LogP) is 15.3. The van der Waals surface area contributed by atoms with Gasteiger partial charge < -0.3 is 18.2 Å². The number of fused-ring (bicyclic) bond motifs is 10. The Hall–Kier alpha value is -7.56. The summed E-state index contributed by atoms with van der Waals surface area (Å²) < 4.78 is 19.8. The molecule has 3 heterocycles. The van der Waals surface area contributed by atoms with Gasteiger partial charge in [0.05, 0.1) is 11.1 Å². The molecule has 0 aliphatic carbocycles. The number of rotatable bonds is 5. The van der Waals surface area contributed by atoms with Crippen LogP contribution in [0.3, 0.4) is 0 Å². The predicted molar refractivity (Wildman–Crippen MR) is 231 cm³/mol. The molecular weight excluding hydrogens is 687 g/mol. The molecule has 0 aliphatic rings. The molecule has 0 saturated heterocycles. The second kappa shape index (κ2) is 12.0. The highest BCUT2D eigenvalue weighted by Crippen LogP contribution is 2.48. The lowest BCUT2D eigenvalue weighted by molar-refractivity contribution is 0.669. The minimum atomic E-state index is 0.836. The number of hydrogen-bond donors (Lipinski definition) is 0. The van der Waals surface area contributed by atoms with Crippen LogP contribution in [0.1, 0.15) is 0 Å². The normalized spacial score (nSPS) is 11.9. The number of anilines is 3. The molecule has 0 amide bonds. The number of nitrogens with zero attached hydrogens (tertiary/aromatic N) is 1. The summed E-state index contributed by atoms with van der Waals surface area (Å²) in [5.74, 6) is 0. The van der Waals surface area contributed by atoms with E-state index in [4.69, 9.17) is 13.3 Å². The molecule has 0 unspecified atom stereocenters. The SMILES string of the molecule is c1ccc2c(-c3ccc(N(c4ccc(-c5cccc6c5oc5ccccc56)cc4)c4ccc5c(c4)oc4ccccc45)c4c3oc3ccccc34)cccc2c1. The molecule has 4 heteroatoms. The van der Waals surface area contributed by atoms with E-state index in [-0.39, 0.29) is 0 Å². The molecule has 9 aromatic carbocycles. The molecule has 262 valence electrons. The van der Waals surface area contributed by atoms with E-state index in [0.717, 1.165) is 105 Å². The summed E-state index contributed by atoms with van der Waals surface area (Å²) in [6.45, 7) is 0. The lowest BCUT2D eigenvalue weighted by atomic mass is 9.95. The van der Waals surface area contributed by atoms with Crippen LogP contribution in [0, 0.1) is 0 Å². The van der Waals surface area contributed by atoms with Crippen molar-refractivity contribution in [2.24, 2.45) is 0 Å². The van der Waals surface area contributed by atoms with Crippen LogP contribution in [0.25, 0.3) is 98.8 Å². The number of hydrogen-bond acceptors (Lipinski definition) is 4. The lowest BCUT2D eigenvalue weighted by Gasteiger charge is -2.27. The van der Waals surface area contributed by atoms with Crippen LogP contribution in [0.5, 0.6) is 0 Å². The summed E-state index contributed by atoms with van der Waals surface area (Å²) in [6.07, 6.45) is 0. The van der Waals surface area contributed by atoms with Crippen molar-refractivity contribution < 1.29 is 13.3 Å². The third-order valence-electron chi connectivity index (χ3n) is 11.3. The van der Waals surface area contributed by atoms with Gasteiger partial charge in [-0.3, -0.25) is 0 Å². The fourth-order valence-corrected chi connectivity index (χ4v) is 8.71. The van der Waals surface area contributed by atoms with Crippen molar-refractivity contribution in [1.29, 1.82) is 0 Å². The van der Waals surface area contributed by atoms with Crippen molar-refractivity contribution >= 4 is 93.7 Å². The Morgan fingerprint density at radius 2 is 0.893 bits per heavy atom. The molecule has 0 saturated carbocycles. The minimum Gasteiger partial charge on any atom is -0.456 e. The molecule has 0 bridgehead atoms. The zero-order valence-electron chi connectivity index (χ0n) is 30.1. The van der Waals surface area contributed by atoms with E-state index in [0.29, 0.717) is 0 Å². The Morgan fingerprint density at radius 1 is 0.321 bits per heavy atom. The standard InChI is InChI=1S/C52H31NO3/c1-2-13-36-32(11-1)12-9-18-38(36)43-29-30-45(50-44-16-5-8-22-48(44)56-52(43)50)53(35-27-28-41-39-14-3-6-20-46(39)54-49(41)31-35)34-25-23-33(24-26-34)37-17-10-19-42-40-15-4-7-21-47(40)55-51(37)42/h1-31H. The molecule has 0 radical (unpaired) electrons. The summed E-state index contributed by atoms with van der Waals surface area (Å²) in [5.41, 5.74) is 12.5. The molecule has 0 spiro atoms. The molecule has 4 nitrogen and oxygen atoms in total. The van der Waals surface area contributed by atoms with Gasteiger partial charge in [-0.15, -0.1) is 0 Å². The Bertz CT molecular complexity index is 3490. The van der Waals surface area contributed by atoms with Crippen LogP contribution in [-0.2, 0) is 0 Å². The largest absolute Gasteiger partial charge is 0.456 e. The van der Waals surface area contributed by atoms with Crippen molar-refractivity contribution in [3.8, 4) is 22.3 Å². The van der Waals surface area contributed by atoms with Gasteiger partial charge in [0.1, 0.15) is 33.5 Å². The molecular formula is C52H31NO3. The van der Waals surface area contributed by atoms with Gasteiger partial charge in [-0.25, -0.2) is 0 Å². The summed E-state index contributed by atoms with van der Waals surface area (Å²) >= 11 is 0. The first-order valence-corrected chi connectivity index (χ1v) is 18.9. The van der Waals surface area contributed by atoms with Crippen LogP contribution in [0.2, 0.25) is 0 Å². The van der Waals surface area contributed by atoms with Gasteiger partial charge in [-0.05, 0) is 76.5 Å². The average Bonchev–Trinajstić information content (AvgIpc) is 3.95. The molecule has 12 aromatic rings. The van der Waals surface area contributed by atoms with Gasteiger partial charge in [0, 0.05) is 55.5 Å². The van der Waals surface area contributed by atoms with E-state index in [1.54, 1.807) is 0 Å².